The standard InChI is InChI=1S/C9H15N3S.2C2H6/c1-5-11-6-7(2)8(3)12-9(10)13-4;2*1-2/h5-6H,3H2,1-2,4H3,(H2,10,12);2*1-2H3/b7-6+,11-5?;;. The lowest BCUT2D eigenvalue weighted by atomic mass is 10.3. The molecule has 0 aliphatic heterocycles. The zero-order valence-electron chi connectivity index (χ0n) is 12.2. The van der Waals surface area contributed by atoms with E-state index >= 15 is 0 Å². The Balaban J connectivity index is -0.000000439. The molecular weight excluding hydrogens is 230 g/mol. The molecule has 2 N–H and O–H groups in total. The average Bonchev–Trinajstić information content (AvgIpc) is 2.40. The molecule has 0 radical (unpaired) electrons. The van der Waals surface area contributed by atoms with E-state index in [1.807, 2.05) is 47.8 Å². The summed E-state index contributed by atoms with van der Waals surface area (Å²) >= 11 is 1.40. The largest absolute Gasteiger partial charge is 0.378 e. The van der Waals surface area contributed by atoms with Gasteiger partial charge in [0.2, 0.25) is 0 Å². The summed E-state index contributed by atoms with van der Waals surface area (Å²) in [5, 5.41) is 0.512. The molecule has 0 rings (SSSR count). The van der Waals surface area contributed by atoms with E-state index in [1.54, 1.807) is 12.4 Å². The molecule has 100 valence electrons. The highest BCUT2D eigenvalue weighted by atomic mass is 32.2. The molecule has 17 heavy (non-hydrogen) atoms. The van der Waals surface area contributed by atoms with E-state index in [4.69, 9.17) is 5.73 Å². The van der Waals surface area contributed by atoms with Gasteiger partial charge < -0.3 is 5.73 Å². The van der Waals surface area contributed by atoms with E-state index in [1.165, 1.54) is 11.8 Å². The van der Waals surface area contributed by atoms with Crippen LogP contribution in [0.2, 0.25) is 0 Å². The molecule has 0 fully saturated rings. The van der Waals surface area contributed by atoms with E-state index in [0.717, 1.165) is 5.57 Å². The predicted octanol–water partition coefficient (Wildman–Crippen LogP) is 4.22. The molecule has 0 heterocycles. The number of thioether (sulfide) groups is 1. The van der Waals surface area contributed by atoms with Gasteiger partial charge in [0.05, 0.1) is 5.70 Å². The molecule has 0 aromatic rings. The van der Waals surface area contributed by atoms with Gasteiger partial charge >= 0.3 is 0 Å². The van der Waals surface area contributed by atoms with Crippen LogP contribution in [0.25, 0.3) is 0 Å². The Labute approximate surface area is 111 Å². The number of amidine groups is 1. The Kier molecular flexibility index (Phi) is 21.7. The minimum absolute atomic E-state index is 0.512. The topological polar surface area (TPSA) is 50.7 Å². The molecule has 4 heteroatoms. The fourth-order valence-corrected chi connectivity index (χ4v) is 0.729. The lowest BCUT2D eigenvalue weighted by Crippen LogP contribution is -2.05. The summed E-state index contributed by atoms with van der Waals surface area (Å²) in [4.78, 5) is 8.03. The van der Waals surface area contributed by atoms with Crippen LogP contribution >= 0.6 is 11.8 Å². The molecule has 0 unspecified atom stereocenters. The van der Waals surface area contributed by atoms with Crippen molar-refractivity contribution in [3.05, 3.63) is 24.0 Å². The van der Waals surface area contributed by atoms with E-state index in [2.05, 4.69) is 16.6 Å². The van der Waals surface area contributed by atoms with Crippen LogP contribution in [0.15, 0.2) is 34.0 Å². The quantitative estimate of drug-likeness (QED) is 0.467. The summed E-state index contributed by atoms with van der Waals surface area (Å²) in [6.45, 7) is 15.5. The lowest BCUT2D eigenvalue weighted by Gasteiger charge is -1.99. The van der Waals surface area contributed by atoms with Crippen LogP contribution < -0.4 is 5.73 Å². The second kappa shape index (κ2) is 17.4. The summed E-state index contributed by atoms with van der Waals surface area (Å²) < 4.78 is 0. The Bertz CT molecular complexity index is 266. The first-order chi connectivity index (χ1) is 8.11. The molecule has 0 bridgehead atoms. The van der Waals surface area contributed by atoms with Crippen molar-refractivity contribution < 1.29 is 0 Å². The van der Waals surface area contributed by atoms with Crippen molar-refractivity contribution in [1.82, 2.24) is 0 Å². The minimum atomic E-state index is 0.512. The van der Waals surface area contributed by atoms with Crippen molar-refractivity contribution in [3.8, 4) is 0 Å². The first kappa shape index (κ1) is 21.3. The van der Waals surface area contributed by atoms with Gasteiger partial charge in [-0.25, -0.2) is 4.99 Å². The highest BCUT2D eigenvalue weighted by molar-refractivity contribution is 8.13. The number of aliphatic imine (C=N–C) groups is 2. The highest BCUT2D eigenvalue weighted by Crippen LogP contribution is 2.09. The van der Waals surface area contributed by atoms with Crippen molar-refractivity contribution in [3.63, 3.8) is 0 Å². The van der Waals surface area contributed by atoms with Gasteiger partial charge in [0.15, 0.2) is 5.17 Å². The molecule has 0 aromatic carbocycles. The molecule has 0 saturated heterocycles. The van der Waals surface area contributed by atoms with Gasteiger partial charge in [-0.3, -0.25) is 4.99 Å². The van der Waals surface area contributed by atoms with Gasteiger partial charge in [-0.1, -0.05) is 46.0 Å². The number of rotatable bonds is 3. The van der Waals surface area contributed by atoms with Crippen molar-refractivity contribution in [2.75, 3.05) is 6.26 Å². The van der Waals surface area contributed by atoms with E-state index in [9.17, 15) is 0 Å². The van der Waals surface area contributed by atoms with Gasteiger partial charge in [0.25, 0.3) is 0 Å². The molecule has 0 saturated carbocycles. The van der Waals surface area contributed by atoms with Crippen LogP contribution in [0.3, 0.4) is 0 Å². The fourth-order valence-electron chi connectivity index (χ4n) is 0.528. The maximum absolute atomic E-state index is 5.53. The third-order valence-corrected chi connectivity index (χ3v) is 1.84. The monoisotopic (exact) mass is 257 g/mol. The van der Waals surface area contributed by atoms with Gasteiger partial charge in [-0.15, -0.1) is 0 Å². The molecule has 0 aromatic heterocycles. The van der Waals surface area contributed by atoms with Crippen LogP contribution in [0, 0.1) is 0 Å². The second-order valence-electron chi connectivity index (χ2n) is 2.32. The molecular formula is C13H27N3S. The number of nitrogens with two attached hydrogens (primary N) is 1. The normalized spacial score (nSPS) is 11.2. The first-order valence-corrected chi connectivity index (χ1v) is 7.06. The second-order valence-corrected chi connectivity index (χ2v) is 3.15. The molecule has 0 spiro atoms. The third kappa shape index (κ3) is 15.0. The average molecular weight is 257 g/mol. The minimum Gasteiger partial charge on any atom is -0.378 e. The third-order valence-electron chi connectivity index (χ3n) is 1.33. The van der Waals surface area contributed by atoms with E-state index < -0.39 is 0 Å². The molecule has 0 atom stereocenters. The summed E-state index contributed by atoms with van der Waals surface area (Å²) in [5.74, 6) is 0. The van der Waals surface area contributed by atoms with E-state index in [0.29, 0.717) is 10.9 Å². The summed E-state index contributed by atoms with van der Waals surface area (Å²) in [6.07, 6.45) is 5.28. The van der Waals surface area contributed by atoms with Crippen molar-refractivity contribution in [2.24, 2.45) is 15.7 Å². The van der Waals surface area contributed by atoms with Crippen molar-refractivity contribution in [2.45, 2.75) is 41.5 Å². The van der Waals surface area contributed by atoms with Gasteiger partial charge in [0, 0.05) is 12.4 Å². The summed E-state index contributed by atoms with van der Waals surface area (Å²) in [5.41, 5.74) is 7.09. The Morgan fingerprint density at radius 1 is 1.24 bits per heavy atom. The van der Waals surface area contributed by atoms with Crippen molar-refractivity contribution in [1.29, 1.82) is 0 Å². The zero-order chi connectivity index (χ0) is 14.3. The number of nitrogens with zero attached hydrogens (tertiary/aromatic N) is 2. The first-order valence-electron chi connectivity index (χ1n) is 5.83. The number of hydrogen-bond acceptors (Lipinski definition) is 3. The Morgan fingerprint density at radius 3 is 2.06 bits per heavy atom. The summed E-state index contributed by atoms with van der Waals surface area (Å²) in [7, 11) is 0. The van der Waals surface area contributed by atoms with E-state index in [-0.39, 0.29) is 0 Å². The number of allylic oxidation sites excluding steroid dienone is 1. The van der Waals surface area contributed by atoms with Crippen LogP contribution in [-0.2, 0) is 0 Å². The fraction of sp³-hybridized carbons (Fsp3) is 0.538. The molecule has 3 nitrogen and oxygen atoms in total. The lowest BCUT2D eigenvalue weighted by molar-refractivity contribution is 1.27. The maximum Gasteiger partial charge on any atom is 0.158 e. The maximum atomic E-state index is 5.53. The van der Waals surface area contributed by atoms with Crippen LogP contribution in [0.5, 0.6) is 0 Å². The van der Waals surface area contributed by atoms with Crippen LogP contribution in [-0.4, -0.2) is 17.6 Å². The molecule has 0 aliphatic rings. The molecule has 0 amide bonds. The SMILES string of the molecule is C=C(N=C(N)SC)/C(C)=C/N=CC.CC.CC. The van der Waals surface area contributed by atoms with Crippen LogP contribution in [0.1, 0.15) is 41.5 Å². The van der Waals surface area contributed by atoms with Gasteiger partial charge in [-0.05, 0) is 25.7 Å². The smallest absolute Gasteiger partial charge is 0.158 e. The van der Waals surface area contributed by atoms with Crippen LogP contribution in [0.4, 0.5) is 0 Å². The Morgan fingerprint density at radius 2 is 1.71 bits per heavy atom. The highest BCUT2D eigenvalue weighted by Gasteiger charge is 1.94. The number of hydrogen-bond donors (Lipinski definition) is 1. The summed E-state index contributed by atoms with van der Waals surface area (Å²) in [6, 6.07) is 0. The molecule has 0 aliphatic carbocycles. The Hall–Kier alpha value is -1.03. The predicted molar refractivity (Wildman–Crippen MR) is 84.9 cm³/mol. The zero-order valence-corrected chi connectivity index (χ0v) is 13.1. The van der Waals surface area contributed by atoms with Gasteiger partial charge in [0.1, 0.15) is 0 Å². The van der Waals surface area contributed by atoms with Crippen molar-refractivity contribution >= 4 is 23.1 Å². The van der Waals surface area contributed by atoms with Gasteiger partial charge in [-0.2, -0.15) is 0 Å².